The van der Waals surface area contributed by atoms with E-state index in [9.17, 15) is 14.0 Å². The summed E-state index contributed by atoms with van der Waals surface area (Å²) in [4.78, 5) is 25.9. The zero-order chi connectivity index (χ0) is 17.8. The Morgan fingerprint density at radius 3 is 2.56 bits per heavy atom. The van der Waals surface area contributed by atoms with Gasteiger partial charge in [-0.15, -0.1) is 0 Å². The lowest BCUT2D eigenvalue weighted by atomic mass is 10.2. The zero-order valence-corrected chi connectivity index (χ0v) is 13.9. The maximum absolute atomic E-state index is 14.0. The molecule has 0 saturated heterocycles. The van der Waals surface area contributed by atoms with Gasteiger partial charge in [0, 0.05) is 12.6 Å². The van der Waals surface area contributed by atoms with Crippen molar-refractivity contribution in [3.8, 4) is 0 Å². The van der Waals surface area contributed by atoms with Crippen LogP contribution in [0.25, 0.3) is 0 Å². The highest BCUT2D eigenvalue weighted by Gasteiger charge is 2.33. The number of urea groups is 1. The topological polar surface area (TPSA) is 58.6 Å². The number of halogens is 1. The van der Waals surface area contributed by atoms with Crippen molar-refractivity contribution in [1.82, 2.24) is 4.90 Å². The highest BCUT2D eigenvalue weighted by Crippen LogP contribution is 2.29. The van der Waals surface area contributed by atoms with E-state index in [4.69, 9.17) is 0 Å². The van der Waals surface area contributed by atoms with Crippen LogP contribution in [0, 0.1) is 5.82 Å². The molecule has 0 radical (unpaired) electrons. The second kappa shape index (κ2) is 7.34. The lowest BCUT2D eigenvalue weighted by Gasteiger charge is -2.23. The van der Waals surface area contributed by atoms with Gasteiger partial charge in [-0.1, -0.05) is 30.3 Å². The van der Waals surface area contributed by atoms with Gasteiger partial charge in [0.05, 0.1) is 18.4 Å². The van der Waals surface area contributed by atoms with Crippen LogP contribution < -0.4 is 5.32 Å². The Bertz CT molecular complexity index is 775. The number of nitrogens with one attached hydrogen (secondary N) is 1. The molecule has 3 rings (SSSR count). The molecule has 6 heteroatoms. The van der Waals surface area contributed by atoms with Crippen molar-refractivity contribution in [2.24, 2.45) is 0 Å². The van der Waals surface area contributed by atoms with Gasteiger partial charge in [0.15, 0.2) is 0 Å². The quantitative estimate of drug-likeness (QED) is 0.841. The summed E-state index contributed by atoms with van der Waals surface area (Å²) in [5.41, 5.74) is 1.15. The van der Waals surface area contributed by atoms with E-state index in [1.807, 2.05) is 30.3 Å². The van der Waals surface area contributed by atoms with E-state index in [0.717, 1.165) is 24.5 Å². The third kappa shape index (κ3) is 4.15. The number of nitrogens with zero attached hydrogens (tertiary/aromatic N) is 1. The highest BCUT2D eigenvalue weighted by molar-refractivity contribution is 5.94. The third-order valence-corrected chi connectivity index (χ3v) is 4.07. The molecule has 2 aromatic carbocycles. The van der Waals surface area contributed by atoms with Gasteiger partial charge in [0.1, 0.15) is 5.82 Å². The molecule has 25 heavy (non-hydrogen) atoms. The standard InChI is InChI=1S/C19H19FN2O3/c1-25-18(23)14-7-10-16(20)17(11-14)21-19(24)22(15-8-9-15)12-13-5-3-2-4-6-13/h2-7,10-11,15H,8-9,12H2,1H3,(H,21,24). The maximum Gasteiger partial charge on any atom is 0.337 e. The van der Waals surface area contributed by atoms with E-state index in [0.29, 0.717) is 6.54 Å². The molecular weight excluding hydrogens is 323 g/mol. The number of hydrogen-bond donors (Lipinski definition) is 1. The van der Waals surface area contributed by atoms with Crippen LogP contribution in [0.2, 0.25) is 0 Å². The summed E-state index contributed by atoms with van der Waals surface area (Å²) in [5.74, 6) is -1.18. The van der Waals surface area contributed by atoms with Crippen molar-refractivity contribution in [2.75, 3.05) is 12.4 Å². The van der Waals surface area contributed by atoms with Gasteiger partial charge < -0.3 is 15.0 Å². The highest BCUT2D eigenvalue weighted by atomic mass is 19.1. The summed E-state index contributed by atoms with van der Waals surface area (Å²) in [6.07, 6.45) is 1.87. The average Bonchev–Trinajstić information content (AvgIpc) is 3.46. The van der Waals surface area contributed by atoms with Gasteiger partial charge in [-0.2, -0.15) is 0 Å². The number of benzene rings is 2. The summed E-state index contributed by atoms with van der Waals surface area (Å²) in [6.45, 7) is 0.454. The first-order chi connectivity index (χ1) is 12.1. The molecule has 2 aromatic rings. The smallest absolute Gasteiger partial charge is 0.337 e. The third-order valence-electron chi connectivity index (χ3n) is 4.07. The maximum atomic E-state index is 14.0. The second-order valence-electron chi connectivity index (χ2n) is 5.96. The monoisotopic (exact) mass is 342 g/mol. The molecular formula is C19H19FN2O3. The predicted molar refractivity (Wildman–Crippen MR) is 91.8 cm³/mol. The molecule has 1 aliphatic rings. The van der Waals surface area contributed by atoms with Crippen molar-refractivity contribution < 1.29 is 18.7 Å². The molecule has 0 spiro atoms. The molecule has 1 N–H and O–H groups in total. The molecule has 1 saturated carbocycles. The Morgan fingerprint density at radius 1 is 1.20 bits per heavy atom. The normalized spacial score (nSPS) is 13.2. The SMILES string of the molecule is COC(=O)c1ccc(F)c(NC(=O)N(Cc2ccccc2)C2CC2)c1. The Kier molecular flexibility index (Phi) is 4.97. The van der Waals surface area contributed by atoms with Crippen LogP contribution in [0.15, 0.2) is 48.5 Å². The van der Waals surface area contributed by atoms with Crippen LogP contribution in [0.4, 0.5) is 14.9 Å². The fraction of sp³-hybridized carbons (Fsp3) is 0.263. The van der Waals surface area contributed by atoms with Gasteiger partial charge >= 0.3 is 12.0 Å². The molecule has 0 aromatic heterocycles. The number of carbonyl (C=O) groups is 2. The molecule has 0 atom stereocenters. The number of carbonyl (C=O) groups excluding carboxylic acids is 2. The summed E-state index contributed by atoms with van der Waals surface area (Å²) >= 11 is 0. The summed E-state index contributed by atoms with van der Waals surface area (Å²) < 4.78 is 18.6. The molecule has 0 heterocycles. The largest absolute Gasteiger partial charge is 0.465 e. The Morgan fingerprint density at radius 2 is 1.92 bits per heavy atom. The molecule has 5 nitrogen and oxygen atoms in total. The average molecular weight is 342 g/mol. The summed E-state index contributed by atoms with van der Waals surface area (Å²) in [5, 5.41) is 2.58. The number of amides is 2. The van der Waals surface area contributed by atoms with Crippen LogP contribution in [0.3, 0.4) is 0 Å². The minimum Gasteiger partial charge on any atom is -0.465 e. The molecule has 1 fully saturated rings. The Hall–Kier alpha value is -2.89. The first-order valence-corrected chi connectivity index (χ1v) is 8.08. The number of anilines is 1. The number of rotatable bonds is 5. The Balaban J connectivity index is 1.76. The van der Waals surface area contributed by atoms with Gasteiger partial charge in [-0.25, -0.2) is 14.0 Å². The van der Waals surface area contributed by atoms with Crippen molar-refractivity contribution in [3.05, 3.63) is 65.5 Å². The molecule has 0 aliphatic heterocycles. The number of ether oxygens (including phenoxy) is 1. The van der Waals surface area contributed by atoms with Crippen molar-refractivity contribution in [1.29, 1.82) is 0 Å². The molecule has 1 aliphatic carbocycles. The summed E-state index contributed by atoms with van der Waals surface area (Å²) in [7, 11) is 1.25. The molecule has 130 valence electrons. The van der Waals surface area contributed by atoms with E-state index in [-0.39, 0.29) is 23.3 Å². The predicted octanol–water partition coefficient (Wildman–Crippen LogP) is 3.81. The number of methoxy groups -OCH3 is 1. The molecule has 2 amide bonds. The lowest BCUT2D eigenvalue weighted by Crippen LogP contribution is -2.36. The van der Waals surface area contributed by atoms with Gasteiger partial charge in [0.25, 0.3) is 0 Å². The number of hydrogen-bond acceptors (Lipinski definition) is 3. The first-order valence-electron chi connectivity index (χ1n) is 8.08. The second-order valence-corrected chi connectivity index (χ2v) is 5.96. The molecule has 0 bridgehead atoms. The zero-order valence-electron chi connectivity index (χ0n) is 13.9. The Labute approximate surface area is 145 Å². The van der Waals surface area contributed by atoms with Crippen molar-refractivity contribution in [2.45, 2.75) is 25.4 Å². The fourth-order valence-corrected chi connectivity index (χ4v) is 2.59. The van der Waals surface area contributed by atoms with Crippen molar-refractivity contribution >= 4 is 17.7 Å². The van der Waals surface area contributed by atoms with Gasteiger partial charge in [-0.05, 0) is 36.6 Å². The van der Waals surface area contributed by atoms with Gasteiger partial charge in [0.2, 0.25) is 0 Å². The van der Waals surface area contributed by atoms with E-state index < -0.39 is 11.8 Å². The van der Waals surface area contributed by atoms with Gasteiger partial charge in [-0.3, -0.25) is 0 Å². The van der Waals surface area contributed by atoms with Crippen LogP contribution in [-0.2, 0) is 11.3 Å². The summed E-state index contributed by atoms with van der Waals surface area (Å²) in [6, 6.07) is 13.2. The van der Waals surface area contributed by atoms with Crippen molar-refractivity contribution in [3.63, 3.8) is 0 Å². The first kappa shape index (κ1) is 17.0. The van der Waals surface area contributed by atoms with E-state index in [1.54, 1.807) is 4.90 Å². The number of esters is 1. The van der Waals surface area contributed by atoms with E-state index >= 15 is 0 Å². The van der Waals surface area contributed by atoms with E-state index in [1.165, 1.54) is 19.2 Å². The lowest BCUT2D eigenvalue weighted by molar-refractivity contribution is 0.0600. The molecule has 0 unspecified atom stereocenters. The van der Waals surface area contributed by atoms with Crippen LogP contribution in [0.5, 0.6) is 0 Å². The van der Waals surface area contributed by atoms with Crippen LogP contribution in [0.1, 0.15) is 28.8 Å². The fourth-order valence-electron chi connectivity index (χ4n) is 2.59. The van der Waals surface area contributed by atoms with E-state index in [2.05, 4.69) is 10.1 Å². The van der Waals surface area contributed by atoms with Crippen LogP contribution >= 0.6 is 0 Å². The minimum absolute atomic E-state index is 0.0355. The minimum atomic E-state index is -0.600. The van der Waals surface area contributed by atoms with Crippen LogP contribution in [-0.4, -0.2) is 30.1 Å².